The van der Waals surface area contributed by atoms with Crippen molar-refractivity contribution in [3.05, 3.63) is 71.9 Å². The van der Waals surface area contributed by atoms with Crippen LogP contribution in [0.25, 0.3) is 0 Å². The zero-order valence-corrected chi connectivity index (χ0v) is 14.0. The Morgan fingerprint density at radius 3 is 2.44 bits per heavy atom. The van der Waals surface area contributed by atoms with Gasteiger partial charge in [-0.1, -0.05) is 24.3 Å². The van der Waals surface area contributed by atoms with E-state index in [1.807, 2.05) is 49.4 Å². The van der Waals surface area contributed by atoms with Crippen LogP contribution < -0.4 is 10.6 Å². The maximum absolute atomic E-state index is 11.6. The average molecular weight is 334 g/mol. The highest BCUT2D eigenvalue weighted by molar-refractivity contribution is 5.90. The summed E-state index contributed by atoms with van der Waals surface area (Å²) in [5.41, 5.74) is 2.94. The lowest BCUT2D eigenvalue weighted by Crippen LogP contribution is -2.04. The summed E-state index contributed by atoms with van der Waals surface area (Å²) in [7, 11) is 1.36. The van der Waals surface area contributed by atoms with Crippen molar-refractivity contribution in [2.45, 2.75) is 6.92 Å². The molecule has 3 rings (SSSR count). The van der Waals surface area contributed by atoms with Crippen molar-refractivity contribution in [2.75, 3.05) is 17.7 Å². The van der Waals surface area contributed by atoms with Crippen molar-refractivity contribution in [3.8, 4) is 0 Å². The summed E-state index contributed by atoms with van der Waals surface area (Å²) in [4.78, 5) is 20.5. The molecule has 0 atom stereocenters. The predicted molar refractivity (Wildman–Crippen MR) is 97.6 cm³/mol. The number of hydrogen-bond acceptors (Lipinski definition) is 6. The van der Waals surface area contributed by atoms with E-state index in [1.165, 1.54) is 7.11 Å². The standard InChI is InChI=1S/C19H18N4O2/c1-13-11-17(21-16-10-6-7-14(12-16)18(24)25-2)23-19(20-13)22-15-8-4-3-5-9-15/h3-12H,1-2H3,(H2,20,21,22,23). The van der Waals surface area contributed by atoms with Gasteiger partial charge in [0, 0.05) is 23.1 Å². The van der Waals surface area contributed by atoms with Crippen molar-refractivity contribution < 1.29 is 9.53 Å². The third kappa shape index (κ3) is 4.32. The van der Waals surface area contributed by atoms with Gasteiger partial charge in [0.2, 0.25) is 5.95 Å². The fourth-order valence-electron chi connectivity index (χ4n) is 2.33. The van der Waals surface area contributed by atoms with E-state index in [0.29, 0.717) is 17.3 Å². The molecule has 6 nitrogen and oxygen atoms in total. The molecule has 0 aliphatic heterocycles. The van der Waals surface area contributed by atoms with E-state index in [0.717, 1.165) is 17.1 Å². The number of anilines is 4. The van der Waals surface area contributed by atoms with Crippen LogP contribution >= 0.6 is 0 Å². The van der Waals surface area contributed by atoms with Gasteiger partial charge in [0.05, 0.1) is 12.7 Å². The average Bonchev–Trinajstić information content (AvgIpc) is 2.61. The quantitative estimate of drug-likeness (QED) is 0.685. The number of nitrogens with one attached hydrogen (secondary N) is 2. The van der Waals surface area contributed by atoms with E-state index >= 15 is 0 Å². The topological polar surface area (TPSA) is 76.1 Å². The van der Waals surface area contributed by atoms with Crippen molar-refractivity contribution in [3.63, 3.8) is 0 Å². The second-order valence-corrected chi connectivity index (χ2v) is 5.41. The lowest BCUT2D eigenvalue weighted by molar-refractivity contribution is 0.0601. The zero-order valence-electron chi connectivity index (χ0n) is 14.0. The Bertz CT molecular complexity index is 882. The van der Waals surface area contributed by atoms with Crippen LogP contribution in [0.4, 0.5) is 23.1 Å². The van der Waals surface area contributed by atoms with Crippen molar-refractivity contribution in [1.29, 1.82) is 0 Å². The third-order valence-corrected chi connectivity index (χ3v) is 3.44. The Balaban J connectivity index is 1.82. The molecule has 1 aromatic heterocycles. The van der Waals surface area contributed by atoms with Crippen LogP contribution in [0.3, 0.4) is 0 Å². The van der Waals surface area contributed by atoms with Crippen molar-refractivity contribution >= 4 is 29.1 Å². The Hall–Kier alpha value is -3.41. The molecule has 0 saturated carbocycles. The number of methoxy groups -OCH3 is 1. The van der Waals surface area contributed by atoms with E-state index in [1.54, 1.807) is 18.2 Å². The number of para-hydroxylation sites is 1. The predicted octanol–water partition coefficient (Wildman–Crippen LogP) is 4.06. The number of aromatic nitrogens is 2. The molecule has 0 bridgehead atoms. The highest BCUT2D eigenvalue weighted by atomic mass is 16.5. The fraction of sp³-hybridized carbons (Fsp3) is 0.105. The third-order valence-electron chi connectivity index (χ3n) is 3.44. The lowest BCUT2D eigenvalue weighted by Gasteiger charge is -2.10. The molecule has 25 heavy (non-hydrogen) atoms. The van der Waals surface area contributed by atoms with Gasteiger partial charge in [-0.05, 0) is 37.3 Å². The molecule has 2 N–H and O–H groups in total. The first kappa shape index (κ1) is 16.4. The summed E-state index contributed by atoms with van der Waals surface area (Å²) in [6.45, 7) is 1.90. The molecule has 126 valence electrons. The molecule has 0 saturated heterocycles. The van der Waals surface area contributed by atoms with Gasteiger partial charge in [-0.25, -0.2) is 9.78 Å². The first-order chi connectivity index (χ1) is 12.1. The van der Waals surface area contributed by atoms with Crippen LogP contribution in [0, 0.1) is 6.92 Å². The number of carbonyl (C=O) groups excluding carboxylic acids is 1. The van der Waals surface area contributed by atoms with E-state index in [9.17, 15) is 4.79 Å². The molecule has 1 heterocycles. The summed E-state index contributed by atoms with van der Waals surface area (Å²) >= 11 is 0. The first-order valence-corrected chi connectivity index (χ1v) is 7.77. The Morgan fingerprint density at radius 1 is 0.920 bits per heavy atom. The van der Waals surface area contributed by atoms with Gasteiger partial charge in [0.15, 0.2) is 0 Å². The molecule has 2 aromatic carbocycles. The summed E-state index contributed by atoms with van der Waals surface area (Å²) < 4.78 is 4.74. The SMILES string of the molecule is COC(=O)c1cccc(Nc2cc(C)nc(Nc3ccccc3)n2)c1. The minimum atomic E-state index is -0.381. The highest BCUT2D eigenvalue weighted by Gasteiger charge is 2.07. The summed E-state index contributed by atoms with van der Waals surface area (Å²) in [6.07, 6.45) is 0. The number of benzene rings is 2. The molecule has 0 spiro atoms. The Kier molecular flexibility index (Phi) is 4.89. The normalized spacial score (nSPS) is 10.2. The van der Waals surface area contributed by atoms with Gasteiger partial charge in [-0.2, -0.15) is 4.98 Å². The maximum atomic E-state index is 11.6. The molecule has 6 heteroatoms. The molecule has 0 aliphatic rings. The second-order valence-electron chi connectivity index (χ2n) is 5.41. The smallest absolute Gasteiger partial charge is 0.337 e. The van der Waals surface area contributed by atoms with Gasteiger partial charge in [-0.15, -0.1) is 0 Å². The number of aryl methyl sites for hydroxylation is 1. The molecule has 0 radical (unpaired) electrons. The minimum absolute atomic E-state index is 0.381. The zero-order chi connectivity index (χ0) is 17.6. The number of rotatable bonds is 5. The first-order valence-electron chi connectivity index (χ1n) is 7.77. The van der Waals surface area contributed by atoms with Gasteiger partial charge in [0.1, 0.15) is 5.82 Å². The molecular weight excluding hydrogens is 316 g/mol. The fourth-order valence-corrected chi connectivity index (χ4v) is 2.33. The molecule has 3 aromatic rings. The second kappa shape index (κ2) is 7.44. The van der Waals surface area contributed by atoms with Crippen LogP contribution in [0.15, 0.2) is 60.7 Å². The van der Waals surface area contributed by atoms with Crippen LogP contribution in [-0.4, -0.2) is 23.0 Å². The molecule has 0 fully saturated rings. The van der Waals surface area contributed by atoms with Crippen LogP contribution in [0.5, 0.6) is 0 Å². The van der Waals surface area contributed by atoms with E-state index in [-0.39, 0.29) is 5.97 Å². The monoisotopic (exact) mass is 334 g/mol. The van der Waals surface area contributed by atoms with Crippen LogP contribution in [0.2, 0.25) is 0 Å². The Labute approximate surface area is 145 Å². The van der Waals surface area contributed by atoms with Gasteiger partial charge >= 0.3 is 5.97 Å². The maximum Gasteiger partial charge on any atom is 0.337 e. The van der Waals surface area contributed by atoms with E-state index in [4.69, 9.17) is 4.74 Å². The lowest BCUT2D eigenvalue weighted by atomic mass is 10.2. The number of nitrogens with zero attached hydrogens (tertiary/aromatic N) is 2. The summed E-state index contributed by atoms with van der Waals surface area (Å²) in [6, 6.07) is 18.6. The molecule has 0 unspecified atom stereocenters. The summed E-state index contributed by atoms with van der Waals surface area (Å²) in [5, 5.41) is 6.36. The van der Waals surface area contributed by atoms with E-state index < -0.39 is 0 Å². The van der Waals surface area contributed by atoms with Crippen molar-refractivity contribution in [1.82, 2.24) is 9.97 Å². The minimum Gasteiger partial charge on any atom is -0.465 e. The van der Waals surface area contributed by atoms with Crippen LogP contribution in [-0.2, 0) is 4.74 Å². The number of carbonyl (C=O) groups is 1. The molecular formula is C19H18N4O2. The van der Waals surface area contributed by atoms with Crippen molar-refractivity contribution in [2.24, 2.45) is 0 Å². The van der Waals surface area contributed by atoms with Gasteiger partial charge in [0.25, 0.3) is 0 Å². The van der Waals surface area contributed by atoms with Crippen LogP contribution in [0.1, 0.15) is 16.1 Å². The molecule has 0 amide bonds. The molecule has 0 aliphatic carbocycles. The van der Waals surface area contributed by atoms with E-state index in [2.05, 4.69) is 20.6 Å². The highest BCUT2D eigenvalue weighted by Crippen LogP contribution is 2.20. The number of hydrogen-bond donors (Lipinski definition) is 2. The number of ether oxygens (including phenoxy) is 1. The summed E-state index contributed by atoms with van der Waals surface area (Å²) in [5.74, 6) is 0.750. The Morgan fingerprint density at radius 2 is 1.68 bits per heavy atom. The largest absolute Gasteiger partial charge is 0.465 e. The number of esters is 1. The van der Waals surface area contributed by atoms with Gasteiger partial charge in [-0.3, -0.25) is 0 Å². The van der Waals surface area contributed by atoms with Gasteiger partial charge < -0.3 is 15.4 Å².